The van der Waals surface area contributed by atoms with Gasteiger partial charge in [0.15, 0.2) is 10.3 Å². The highest BCUT2D eigenvalue weighted by Gasteiger charge is 2.12. The van der Waals surface area contributed by atoms with Crippen molar-refractivity contribution < 1.29 is 18.7 Å². The molecule has 124 valence electrons. The Balaban J connectivity index is 2.08. The summed E-state index contributed by atoms with van der Waals surface area (Å²) in [6.07, 6.45) is 1.83. The van der Waals surface area contributed by atoms with Gasteiger partial charge in [-0.3, -0.25) is 10.1 Å². The van der Waals surface area contributed by atoms with Crippen LogP contribution in [0, 0.1) is 5.13 Å². The lowest BCUT2D eigenvalue weighted by molar-refractivity contribution is 0.102. The predicted molar refractivity (Wildman–Crippen MR) is 91.1 cm³/mol. The highest BCUT2D eigenvalue weighted by Crippen LogP contribution is 2.22. The van der Waals surface area contributed by atoms with E-state index in [-0.39, 0.29) is 11.0 Å². The van der Waals surface area contributed by atoms with E-state index in [1.165, 1.54) is 0 Å². The SMILES string of the molecule is COCCCOc1cc(CBr)cc(C(=O)Nc2ncc(F)s2)c1. The second kappa shape index (κ2) is 8.95. The largest absolute Gasteiger partial charge is 0.493 e. The van der Waals surface area contributed by atoms with Gasteiger partial charge in [-0.05, 0) is 23.8 Å². The smallest absolute Gasteiger partial charge is 0.257 e. The summed E-state index contributed by atoms with van der Waals surface area (Å²) in [6.45, 7) is 1.11. The Kier molecular flexibility index (Phi) is 6.94. The van der Waals surface area contributed by atoms with Crippen molar-refractivity contribution in [3.05, 3.63) is 40.7 Å². The Hall–Kier alpha value is -1.51. The van der Waals surface area contributed by atoms with Crippen molar-refractivity contribution >= 4 is 38.3 Å². The fourth-order valence-electron chi connectivity index (χ4n) is 1.83. The minimum atomic E-state index is -0.448. The molecule has 1 N–H and O–H groups in total. The van der Waals surface area contributed by atoms with E-state index in [0.717, 1.165) is 29.5 Å². The second-order valence-electron chi connectivity index (χ2n) is 4.62. The van der Waals surface area contributed by atoms with Gasteiger partial charge in [-0.25, -0.2) is 4.98 Å². The molecule has 0 saturated heterocycles. The molecule has 0 radical (unpaired) electrons. The van der Waals surface area contributed by atoms with Crippen LogP contribution in [0.2, 0.25) is 0 Å². The summed E-state index contributed by atoms with van der Waals surface area (Å²) >= 11 is 4.15. The summed E-state index contributed by atoms with van der Waals surface area (Å²) in [7, 11) is 1.63. The predicted octanol–water partition coefficient (Wildman–Crippen LogP) is 3.84. The van der Waals surface area contributed by atoms with Gasteiger partial charge >= 0.3 is 0 Å². The second-order valence-corrected chi connectivity index (χ2v) is 6.16. The molecule has 5 nitrogen and oxygen atoms in total. The van der Waals surface area contributed by atoms with Crippen molar-refractivity contribution in [3.63, 3.8) is 0 Å². The molecule has 0 fully saturated rings. The van der Waals surface area contributed by atoms with Crippen LogP contribution in [-0.4, -0.2) is 31.2 Å². The number of thiazole rings is 1. The summed E-state index contributed by atoms with van der Waals surface area (Å²) in [5.74, 6) is 0.248. The molecule has 0 spiro atoms. The maximum Gasteiger partial charge on any atom is 0.257 e. The first-order valence-corrected chi connectivity index (χ1v) is 8.80. The Labute approximate surface area is 146 Å². The summed E-state index contributed by atoms with van der Waals surface area (Å²) < 4.78 is 23.5. The van der Waals surface area contributed by atoms with Crippen molar-refractivity contribution in [2.75, 3.05) is 25.6 Å². The standard InChI is InChI=1S/C15H16BrFN2O3S/c1-21-3-2-4-22-12-6-10(8-16)5-11(7-12)14(20)19-15-18-9-13(17)23-15/h5-7,9H,2-4,8H2,1H3,(H,18,19,20). The van der Waals surface area contributed by atoms with Gasteiger partial charge in [0.05, 0.1) is 12.8 Å². The zero-order valence-corrected chi connectivity index (χ0v) is 14.9. The number of carbonyl (C=O) groups excluding carboxylic acids is 1. The molecule has 0 atom stereocenters. The molecule has 0 saturated carbocycles. The number of nitrogens with zero attached hydrogens (tertiary/aromatic N) is 1. The zero-order chi connectivity index (χ0) is 16.7. The van der Waals surface area contributed by atoms with E-state index in [1.54, 1.807) is 19.2 Å². The van der Waals surface area contributed by atoms with Gasteiger partial charge in [0, 0.05) is 31.0 Å². The van der Waals surface area contributed by atoms with Gasteiger partial charge in [0.2, 0.25) is 0 Å². The number of halogens is 2. The summed E-state index contributed by atoms with van der Waals surface area (Å²) in [5, 5.41) is 2.94. The van der Waals surface area contributed by atoms with E-state index < -0.39 is 5.13 Å². The first kappa shape index (κ1) is 17.8. The maximum absolute atomic E-state index is 12.9. The molecule has 0 unspecified atom stereocenters. The fraction of sp³-hybridized carbons (Fsp3) is 0.333. The molecule has 1 amide bonds. The zero-order valence-electron chi connectivity index (χ0n) is 12.5. The number of nitrogens with one attached hydrogen (secondary N) is 1. The number of hydrogen-bond donors (Lipinski definition) is 1. The van der Waals surface area contributed by atoms with E-state index in [0.29, 0.717) is 29.9 Å². The third kappa shape index (κ3) is 5.56. The lowest BCUT2D eigenvalue weighted by Gasteiger charge is -2.10. The highest BCUT2D eigenvalue weighted by molar-refractivity contribution is 9.08. The number of ether oxygens (including phenoxy) is 2. The molecular weight excluding hydrogens is 387 g/mol. The van der Waals surface area contributed by atoms with E-state index in [1.807, 2.05) is 6.07 Å². The van der Waals surface area contributed by atoms with Gasteiger partial charge in [0.1, 0.15) is 5.75 Å². The van der Waals surface area contributed by atoms with Gasteiger partial charge in [0.25, 0.3) is 5.91 Å². The summed E-state index contributed by atoms with van der Waals surface area (Å²) in [6, 6.07) is 5.26. The van der Waals surface area contributed by atoms with Crippen molar-refractivity contribution in [2.45, 2.75) is 11.8 Å². The van der Waals surface area contributed by atoms with E-state index in [4.69, 9.17) is 9.47 Å². The molecule has 0 aliphatic carbocycles. The molecule has 1 heterocycles. The molecule has 0 aliphatic heterocycles. The third-order valence-corrected chi connectivity index (χ3v) is 4.19. The van der Waals surface area contributed by atoms with Gasteiger partial charge in [-0.1, -0.05) is 27.3 Å². The van der Waals surface area contributed by atoms with Crippen LogP contribution >= 0.6 is 27.3 Å². The number of anilines is 1. The van der Waals surface area contributed by atoms with Crippen molar-refractivity contribution in [2.24, 2.45) is 0 Å². The van der Waals surface area contributed by atoms with Crippen LogP contribution in [0.15, 0.2) is 24.4 Å². The van der Waals surface area contributed by atoms with Crippen LogP contribution in [-0.2, 0) is 10.1 Å². The lowest BCUT2D eigenvalue weighted by Crippen LogP contribution is -2.12. The molecule has 2 aromatic rings. The van der Waals surface area contributed by atoms with E-state index in [9.17, 15) is 9.18 Å². The summed E-state index contributed by atoms with van der Waals surface area (Å²) in [4.78, 5) is 16.0. The van der Waals surface area contributed by atoms with Gasteiger partial charge in [-0.2, -0.15) is 4.39 Å². The number of rotatable bonds is 8. The van der Waals surface area contributed by atoms with Crippen LogP contribution in [0.3, 0.4) is 0 Å². The highest BCUT2D eigenvalue weighted by atomic mass is 79.9. The van der Waals surface area contributed by atoms with Crippen LogP contribution in [0.25, 0.3) is 0 Å². The van der Waals surface area contributed by atoms with Crippen LogP contribution in [0.5, 0.6) is 5.75 Å². The Morgan fingerprint density at radius 3 is 2.87 bits per heavy atom. The number of amides is 1. The lowest BCUT2D eigenvalue weighted by atomic mass is 10.1. The van der Waals surface area contributed by atoms with E-state index >= 15 is 0 Å². The molecule has 0 aliphatic rings. The van der Waals surface area contributed by atoms with Gasteiger partial charge in [-0.15, -0.1) is 0 Å². The maximum atomic E-state index is 12.9. The average Bonchev–Trinajstić information content (AvgIpc) is 2.96. The Bertz CT molecular complexity index is 666. The number of methoxy groups -OCH3 is 1. The van der Waals surface area contributed by atoms with Crippen molar-refractivity contribution in [3.8, 4) is 5.75 Å². The number of alkyl halides is 1. The number of benzene rings is 1. The molecule has 8 heteroatoms. The van der Waals surface area contributed by atoms with Gasteiger partial charge < -0.3 is 9.47 Å². The quantitative estimate of drug-likeness (QED) is 0.538. The topological polar surface area (TPSA) is 60.5 Å². The van der Waals surface area contributed by atoms with Crippen LogP contribution < -0.4 is 10.1 Å². The molecule has 0 bridgehead atoms. The Morgan fingerprint density at radius 2 is 2.22 bits per heavy atom. The first-order chi connectivity index (χ1) is 11.1. The minimum absolute atomic E-state index is 0.222. The first-order valence-electron chi connectivity index (χ1n) is 6.86. The third-order valence-electron chi connectivity index (χ3n) is 2.84. The Morgan fingerprint density at radius 1 is 1.39 bits per heavy atom. The monoisotopic (exact) mass is 402 g/mol. The van der Waals surface area contributed by atoms with Crippen LogP contribution in [0.4, 0.5) is 9.52 Å². The molecular formula is C15H16BrFN2O3S. The molecule has 2 rings (SSSR count). The normalized spacial score (nSPS) is 10.6. The minimum Gasteiger partial charge on any atom is -0.493 e. The number of carbonyl (C=O) groups is 1. The number of hydrogen-bond acceptors (Lipinski definition) is 5. The molecule has 1 aromatic heterocycles. The van der Waals surface area contributed by atoms with Crippen LogP contribution in [0.1, 0.15) is 22.3 Å². The molecule has 1 aromatic carbocycles. The average molecular weight is 403 g/mol. The van der Waals surface area contributed by atoms with Crippen molar-refractivity contribution in [1.82, 2.24) is 4.98 Å². The summed E-state index contributed by atoms with van der Waals surface area (Å²) in [5.41, 5.74) is 1.34. The van der Waals surface area contributed by atoms with E-state index in [2.05, 4.69) is 26.2 Å². The van der Waals surface area contributed by atoms with Crippen molar-refractivity contribution in [1.29, 1.82) is 0 Å². The fourth-order valence-corrected chi connectivity index (χ4v) is 2.69. The number of aromatic nitrogens is 1. The molecule has 23 heavy (non-hydrogen) atoms.